The van der Waals surface area contributed by atoms with Crippen molar-refractivity contribution in [3.05, 3.63) is 54.3 Å². The van der Waals surface area contributed by atoms with Crippen LogP contribution in [0.1, 0.15) is 10.6 Å². The van der Waals surface area contributed by atoms with E-state index < -0.39 is 5.97 Å². The van der Waals surface area contributed by atoms with Gasteiger partial charge in [-0.1, -0.05) is 24.3 Å². The number of carbonyl (C=O) groups is 1. The topological polar surface area (TPSA) is 76.5 Å². The standard InChI is InChI=1S/C15H11NO3/c16-12-6-5-11(9-3-1-2-4-10(9)12)13-7-8-14(19-13)15(17)18/h1-8H,16H2,(H,17,18). The third-order valence-electron chi connectivity index (χ3n) is 3.04. The van der Waals surface area contributed by atoms with Gasteiger partial charge in [0.15, 0.2) is 0 Å². The van der Waals surface area contributed by atoms with Gasteiger partial charge in [0.25, 0.3) is 0 Å². The van der Waals surface area contributed by atoms with Crippen molar-refractivity contribution < 1.29 is 14.3 Å². The van der Waals surface area contributed by atoms with Crippen LogP contribution in [0.4, 0.5) is 5.69 Å². The zero-order chi connectivity index (χ0) is 13.4. The Balaban J connectivity index is 2.24. The first kappa shape index (κ1) is 11.3. The number of anilines is 1. The molecular weight excluding hydrogens is 242 g/mol. The second-order valence-corrected chi connectivity index (χ2v) is 4.22. The molecule has 19 heavy (non-hydrogen) atoms. The lowest BCUT2D eigenvalue weighted by Gasteiger charge is -2.06. The van der Waals surface area contributed by atoms with Crippen molar-refractivity contribution >= 4 is 22.4 Å². The maximum Gasteiger partial charge on any atom is 0.371 e. The van der Waals surface area contributed by atoms with E-state index >= 15 is 0 Å². The Bertz CT molecular complexity index is 774. The highest BCUT2D eigenvalue weighted by Gasteiger charge is 2.13. The molecule has 3 rings (SSSR count). The van der Waals surface area contributed by atoms with E-state index in [0.717, 1.165) is 16.3 Å². The Morgan fingerprint density at radius 1 is 1.00 bits per heavy atom. The summed E-state index contributed by atoms with van der Waals surface area (Å²) < 4.78 is 5.34. The van der Waals surface area contributed by atoms with Gasteiger partial charge < -0.3 is 15.3 Å². The van der Waals surface area contributed by atoms with Crippen molar-refractivity contribution in [3.63, 3.8) is 0 Å². The summed E-state index contributed by atoms with van der Waals surface area (Å²) in [5.41, 5.74) is 7.45. The van der Waals surface area contributed by atoms with Gasteiger partial charge >= 0.3 is 5.97 Å². The summed E-state index contributed by atoms with van der Waals surface area (Å²) in [5, 5.41) is 10.8. The Labute approximate surface area is 109 Å². The molecule has 0 saturated carbocycles. The SMILES string of the molecule is Nc1ccc(-c2ccc(C(=O)O)o2)c2ccccc12. The van der Waals surface area contributed by atoms with Crippen molar-refractivity contribution in [1.82, 2.24) is 0 Å². The molecule has 1 aromatic heterocycles. The highest BCUT2D eigenvalue weighted by molar-refractivity contribution is 6.02. The van der Waals surface area contributed by atoms with Gasteiger partial charge in [-0.2, -0.15) is 0 Å². The third kappa shape index (κ3) is 1.83. The monoisotopic (exact) mass is 253 g/mol. The molecule has 4 heteroatoms. The van der Waals surface area contributed by atoms with Crippen LogP contribution >= 0.6 is 0 Å². The highest BCUT2D eigenvalue weighted by Crippen LogP contribution is 2.32. The lowest BCUT2D eigenvalue weighted by molar-refractivity contribution is 0.0663. The van der Waals surface area contributed by atoms with Crippen LogP contribution in [0.25, 0.3) is 22.1 Å². The molecule has 0 fully saturated rings. The average Bonchev–Trinajstić information content (AvgIpc) is 2.89. The molecule has 94 valence electrons. The lowest BCUT2D eigenvalue weighted by Crippen LogP contribution is -1.91. The minimum atomic E-state index is -1.08. The van der Waals surface area contributed by atoms with E-state index in [0.29, 0.717) is 11.4 Å². The van der Waals surface area contributed by atoms with Gasteiger partial charge in [0.05, 0.1) is 0 Å². The van der Waals surface area contributed by atoms with Crippen LogP contribution in [0.2, 0.25) is 0 Å². The van der Waals surface area contributed by atoms with Crippen LogP contribution in [-0.2, 0) is 0 Å². The van der Waals surface area contributed by atoms with E-state index in [9.17, 15) is 4.79 Å². The molecule has 0 radical (unpaired) electrons. The molecular formula is C15H11NO3. The first-order valence-corrected chi connectivity index (χ1v) is 5.77. The van der Waals surface area contributed by atoms with Crippen LogP contribution in [0.3, 0.4) is 0 Å². The Hall–Kier alpha value is -2.75. The number of carboxylic acids is 1. The number of furan rings is 1. The van der Waals surface area contributed by atoms with Gasteiger partial charge in [-0.15, -0.1) is 0 Å². The van der Waals surface area contributed by atoms with E-state index in [1.807, 2.05) is 30.3 Å². The molecule has 0 spiro atoms. The smallest absolute Gasteiger partial charge is 0.371 e. The minimum absolute atomic E-state index is 0.0732. The zero-order valence-corrected chi connectivity index (χ0v) is 9.96. The van der Waals surface area contributed by atoms with Crippen LogP contribution in [0.15, 0.2) is 52.9 Å². The van der Waals surface area contributed by atoms with Crippen molar-refractivity contribution in [2.24, 2.45) is 0 Å². The molecule has 3 N–H and O–H groups in total. The molecule has 0 aliphatic heterocycles. The van der Waals surface area contributed by atoms with Gasteiger partial charge in [0.2, 0.25) is 5.76 Å². The van der Waals surface area contributed by atoms with Gasteiger partial charge in [-0.25, -0.2) is 4.79 Å². The summed E-state index contributed by atoms with van der Waals surface area (Å²) in [4.78, 5) is 10.8. The molecule has 0 aliphatic rings. The third-order valence-corrected chi connectivity index (χ3v) is 3.04. The molecule has 3 aromatic rings. The number of nitrogen functional groups attached to an aromatic ring is 1. The van der Waals surface area contributed by atoms with Crippen molar-refractivity contribution in [2.75, 3.05) is 5.73 Å². The number of fused-ring (bicyclic) bond motifs is 1. The molecule has 0 saturated heterocycles. The fourth-order valence-electron chi connectivity index (χ4n) is 2.13. The molecule has 2 aromatic carbocycles. The maximum absolute atomic E-state index is 10.8. The van der Waals surface area contributed by atoms with Crippen LogP contribution in [0.5, 0.6) is 0 Å². The van der Waals surface area contributed by atoms with Crippen LogP contribution in [0, 0.1) is 0 Å². The molecule has 4 nitrogen and oxygen atoms in total. The predicted molar refractivity (Wildman–Crippen MR) is 73.0 cm³/mol. The molecule has 0 bridgehead atoms. The van der Waals surface area contributed by atoms with E-state index in [4.69, 9.17) is 15.3 Å². The van der Waals surface area contributed by atoms with Gasteiger partial charge in [-0.05, 0) is 29.7 Å². The van der Waals surface area contributed by atoms with Gasteiger partial charge in [0, 0.05) is 16.6 Å². The summed E-state index contributed by atoms with van der Waals surface area (Å²) in [6.45, 7) is 0. The van der Waals surface area contributed by atoms with E-state index in [1.54, 1.807) is 12.1 Å². The number of hydrogen-bond acceptors (Lipinski definition) is 3. The lowest BCUT2D eigenvalue weighted by atomic mass is 10.0. The Kier molecular flexibility index (Phi) is 2.49. The molecule has 1 heterocycles. The fraction of sp³-hybridized carbons (Fsp3) is 0. The number of aromatic carboxylic acids is 1. The Morgan fingerprint density at radius 3 is 2.42 bits per heavy atom. The van der Waals surface area contributed by atoms with Crippen molar-refractivity contribution in [2.45, 2.75) is 0 Å². The van der Waals surface area contributed by atoms with E-state index in [1.165, 1.54) is 6.07 Å². The molecule has 0 unspecified atom stereocenters. The summed E-state index contributed by atoms with van der Waals surface area (Å²) in [6, 6.07) is 14.4. The normalized spacial score (nSPS) is 10.7. The number of nitrogens with two attached hydrogens (primary N) is 1. The fourth-order valence-corrected chi connectivity index (χ4v) is 2.13. The zero-order valence-electron chi connectivity index (χ0n) is 9.96. The first-order chi connectivity index (χ1) is 9.16. The number of rotatable bonds is 2. The second-order valence-electron chi connectivity index (χ2n) is 4.22. The van der Waals surface area contributed by atoms with Gasteiger partial charge in [-0.3, -0.25) is 0 Å². The molecule has 0 amide bonds. The maximum atomic E-state index is 10.8. The number of hydrogen-bond donors (Lipinski definition) is 2. The number of carboxylic acid groups (broad SMARTS) is 1. The van der Waals surface area contributed by atoms with Crippen molar-refractivity contribution in [1.29, 1.82) is 0 Å². The van der Waals surface area contributed by atoms with E-state index in [-0.39, 0.29) is 5.76 Å². The highest BCUT2D eigenvalue weighted by atomic mass is 16.4. The first-order valence-electron chi connectivity index (χ1n) is 5.77. The van der Waals surface area contributed by atoms with Crippen LogP contribution < -0.4 is 5.73 Å². The molecule has 0 aliphatic carbocycles. The summed E-state index contributed by atoms with van der Waals surface area (Å²) in [7, 11) is 0. The summed E-state index contributed by atoms with van der Waals surface area (Å²) in [5.74, 6) is -0.629. The summed E-state index contributed by atoms with van der Waals surface area (Å²) in [6.07, 6.45) is 0. The Morgan fingerprint density at radius 2 is 1.74 bits per heavy atom. The second kappa shape index (κ2) is 4.17. The predicted octanol–water partition coefficient (Wildman–Crippen LogP) is 3.38. The average molecular weight is 253 g/mol. The van der Waals surface area contributed by atoms with Gasteiger partial charge in [0.1, 0.15) is 5.76 Å². The van der Waals surface area contributed by atoms with Crippen LogP contribution in [-0.4, -0.2) is 11.1 Å². The van der Waals surface area contributed by atoms with Crippen molar-refractivity contribution in [3.8, 4) is 11.3 Å². The largest absolute Gasteiger partial charge is 0.475 e. The quantitative estimate of drug-likeness (QED) is 0.686. The number of benzene rings is 2. The molecule has 0 atom stereocenters. The minimum Gasteiger partial charge on any atom is -0.475 e. The van der Waals surface area contributed by atoms with E-state index in [2.05, 4.69) is 0 Å². The summed E-state index contributed by atoms with van der Waals surface area (Å²) >= 11 is 0.